The van der Waals surface area contributed by atoms with Crippen LogP contribution in [0.4, 0.5) is 9.52 Å². The van der Waals surface area contributed by atoms with Crippen molar-refractivity contribution in [3.63, 3.8) is 0 Å². The van der Waals surface area contributed by atoms with Gasteiger partial charge in [0.2, 0.25) is 0 Å². The number of hydrogen-bond donors (Lipinski definition) is 3. The molecule has 0 bridgehead atoms. The van der Waals surface area contributed by atoms with E-state index in [-0.39, 0.29) is 23.1 Å². The third-order valence-corrected chi connectivity index (χ3v) is 7.20. The molecule has 1 aromatic carbocycles. The number of hydrogen-bond acceptors (Lipinski definition) is 5. The number of nitrogens with zero attached hydrogens (tertiary/aromatic N) is 2. The van der Waals surface area contributed by atoms with Crippen LogP contribution in [0.15, 0.2) is 18.2 Å². The number of aromatic amines is 1. The second-order valence-corrected chi connectivity index (χ2v) is 9.31. The Morgan fingerprint density at radius 1 is 1.41 bits per heavy atom. The molecule has 0 atom stereocenters. The molecule has 1 aliphatic heterocycles. The third-order valence-electron chi connectivity index (χ3n) is 5.89. The lowest BCUT2D eigenvalue weighted by Crippen LogP contribution is -2.48. The van der Waals surface area contributed by atoms with Crippen molar-refractivity contribution in [1.82, 2.24) is 14.9 Å². The van der Waals surface area contributed by atoms with Gasteiger partial charge >= 0.3 is 0 Å². The Morgan fingerprint density at radius 3 is 2.97 bits per heavy atom. The summed E-state index contributed by atoms with van der Waals surface area (Å²) in [6.45, 7) is 1.15. The SMILES string of the molecule is O=C(c1cc2c(Cl)cc(F)cc2[nH]1)N1CCc2nc(NC3(CO)CCC3)sc2C1. The Balaban J connectivity index is 1.35. The van der Waals surface area contributed by atoms with E-state index in [2.05, 4.69) is 15.3 Å². The van der Waals surface area contributed by atoms with Gasteiger partial charge in [-0.1, -0.05) is 22.9 Å². The summed E-state index contributed by atoms with van der Waals surface area (Å²) in [7, 11) is 0. The molecule has 6 nitrogen and oxygen atoms in total. The zero-order valence-corrected chi connectivity index (χ0v) is 17.2. The number of aliphatic hydroxyl groups is 1. The molecule has 1 aliphatic carbocycles. The van der Waals surface area contributed by atoms with E-state index in [0.717, 1.165) is 35.0 Å². The van der Waals surface area contributed by atoms with E-state index in [4.69, 9.17) is 11.6 Å². The number of nitrogens with one attached hydrogen (secondary N) is 2. The fourth-order valence-electron chi connectivity index (χ4n) is 4.02. The molecule has 1 saturated carbocycles. The van der Waals surface area contributed by atoms with Crippen LogP contribution < -0.4 is 5.32 Å². The van der Waals surface area contributed by atoms with Gasteiger partial charge in [-0.3, -0.25) is 4.79 Å². The summed E-state index contributed by atoms with van der Waals surface area (Å²) in [4.78, 5) is 23.5. The molecule has 0 saturated heterocycles. The van der Waals surface area contributed by atoms with Crippen molar-refractivity contribution in [2.24, 2.45) is 0 Å². The van der Waals surface area contributed by atoms with E-state index in [9.17, 15) is 14.3 Å². The number of fused-ring (bicyclic) bond motifs is 2. The molecule has 2 aromatic heterocycles. The van der Waals surface area contributed by atoms with Crippen LogP contribution in [-0.2, 0) is 13.0 Å². The van der Waals surface area contributed by atoms with E-state index in [1.807, 2.05) is 0 Å². The van der Waals surface area contributed by atoms with E-state index >= 15 is 0 Å². The molecule has 1 amide bonds. The number of H-pyrrole nitrogens is 1. The van der Waals surface area contributed by atoms with Gasteiger partial charge < -0.3 is 20.3 Å². The van der Waals surface area contributed by atoms with Crippen LogP contribution in [0.3, 0.4) is 0 Å². The predicted octanol–water partition coefficient (Wildman–Crippen LogP) is 3.94. The van der Waals surface area contributed by atoms with Crippen LogP contribution in [0.5, 0.6) is 0 Å². The van der Waals surface area contributed by atoms with Crippen molar-refractivity contribution in [2.75, 3.05) is 18.5 Å². The zero-order valence-electron chi connectivity index (χ0n) is 15.6. The Morgan fingerprint density at radius 2 is 2.24 bits per heavy atom. The highest BCUT2D eigenvalue weighted by atomic mass is 35.5. The predicted molar refractivity (Wildman–Crippen MR) is 111 cm³/mol. The van der Waals surface area contributed by atoms with Crippen LogP contribution in [-0.4, -0.2) is 44.6 Å². The fraction of sp³-hybridized carbons (Fsp3) is 0.400. The number of thiazole rings is 1. The summed E-state index contributed by atoms with van der Waals surface area (Å²) in [5, 5.41) is 14.8. The maximum absolute atomic E-state index is 13.6. The topological polar surface area (TPSA) is 81.2 Å². The van der Waals surface area contributed by atoms with Gasteiger partial charge in [0.1, 0.15) is 11.5 Å². The van der Waals surface area contributed by atoms with Crippen LogP contribution in [0, 0.1) is 5.82 Å². The lowest BCUT2D eigenvalue weighted by atomic mass is 9.77. The monoisotopic (exact) mass is 434 g/mol. The van der Waals surface area contributed by atoms with Gasteiger partial charge in [-0.25, -0.2) is 9.37 Å². The number of benzene rings is 1. The summed E-state index contributed by atoms with van der Waals surface area (Å²) in [6, 6.07) is 4.26. The maximum Gasteiger partial charge on any atom is 0.270 e. The molecule has 3 heterocycles. The lowest BCUT2D eigenvalue weighted by molar-refractivity contribution is 0.0731. The highest BCUT2D eigenvalue weighted by Crippen LogP contribution is 2.38. The van der Waals surface area contributed by atoms with Crippen molar-refractivity contribution in [2.45, 2.75) is 37.8 Å². The first-order chi connectivity index (χ1) is 14.0. The molecule has 5 rings (SSSR count). The molecular weight excluding hydrogens is 415 g/mol. The molecule has 2 aliphatic rings. The van der Waals surface area contributed by atoms with Crippen molar-refractivity contribution in [1.29, 1.82) is 0 Å². The summed E-state index contributed by atoms with van der Waals surface area (Å²) in [5.74, 6) is -0.583. The first-order valence-electron chi connectivity index (χ1n) is 9.61. The van der Waals surface area contributed by atoms with Crippen molar-refractivity contribution >= 4 is 44.9 Å². The molecule has 9 heteroatoms. The van der Waals surface area contributed by atoms with Gasteiger partial charge in [0, 0.05) is 23.2 Å². The molecular formula is C20H20ClFN4O2S. The number of amides is 1. The maximum atomic E-state index is 13.6. The largest absolute Gasteiger partial charge is 0.394 e. The second-order valence-electron chi connectivity index (χ2n) is 7.81. The second kappa shape index (κ2) is 6.97. The molecule has 152 valence electrons. The van der Waals surface area contributed by atoms with Gasteiger partial charge in [0.15, 0.2) is 5.13 Å². The number of rotatable bonds is 4. The molecule has 0 spiro atoms. The van der Waals surface area contributed by atoms with Gasteiger partial charge in [0.05, 0.1) is 34.9 Å². The minimum Gasteiger partial charge on any atom is -0.394 e. The highest BCUT2D eigenvalue weighted by molar-refractivity contribution is 7.15. The van der Waals surface area contributed by atoms with Crippen LogP contribution in [0.1, 0.15) is 40.3 Å². The Bertz CT molecular complexity index is 1100. The first kappa shape index (κ1) is 18.8. The summed E-state index contributed by atoms with van der Waals surface area (Å²) in [5.41, 5.74) is 1.67. The van der Waals surface area contributed by atoms with E-state index in [1.165, 1.54) is 12.1 Å². The highest BCUT2D eigenvalue weighted by Gasteiger charge is 2.37. The van der Waals surface area contributed by atoms with Crippen LogP contribution in [0.2, 0.25) is 5.02 Å². The first-order valence-corrected chi connectivity index (χ1v) is 10.8. The molecule has 0 radical (unpaired) electrons. The lowest BCUT2D eigenvalue weighted by Gasteiger charge is -2.40. The van der Waals surface area contributed by atoms with Crippen LogP contribution >= 0.6 is 22.9 Å². The van der Waals surface area contributed by atoms with Gasteiger partial charge in [-0.05, 0) is 37.5 Å². The van der Waals surface area contributed by atoms with E-state index in [0.29, 0.717) is 36.1 Å². The minimum atomic E-state index is -0.442. The summed E-state index contributed by atoms with van der Waals surface area (Å²) in [6.07, 6.45) is 3.68. The molecule has 1 fully saturated rings. The number of carbonyl (C=O) groups is 1. The molecule has 29 heavy (non-hydrogen) atoms. The van der Waals surface area contributed by atoms with Crippen molar-refractivity contribution < 1.29 is 14.3 Å². The van der Waals surface area contributed by atoms with Gasteiger partial charge in [0.25, 0.3) is 5.91 Å². The Hall–Kier alpha value is -2.16. The van der Waals surface area contributed by atoms with Crippen LogP contribution in [0.25, 0.3) is 10.9 Å². The number of halogens is 2. The average Bonchev–Trinajstić information content (AvgIpc) is 3.27. The normalized spacial score (nSPS) is 17.8. The Labute approximate surface area is 175 Å². The zero-order chi connectivity index (χ0) is 20.2. The summed E-state index contributed by atoms with van der Waals surface area (Å²) >= 11 is 7.65. The van der Waals surface area contributed by atoms with Gasteiger partial charge in [-0.15, -0.1) is 0 Å². The fourth-order valence-corrected chi connectivity index (χ4v) is 5.42. The van der Waals surface area contributed by atoms with Crippen molar-refractivity contribution in [3.8, 4) is 0 Å². The van der Waals surface area contributed by atoms with E-state index < -0.39 is 5.82 Å². The number of aliphatic hydroxyl groups excluding tert-OH is 1. The third kappa shape index (κ3) is 3.29. The standard InChI is InChI=1S/C20H20ClFN4O2S/c21-13-6-11(22)7-15-12(13)8-16(23-15)18(28)26-5-2-14-17(9-26)29-19(24-14)25-20(10-27)3-1-4-20/h6-8,23,27H,1-5,9-10H2,(H,24,25). The summed E-state index contributed by atoms with van der Waals surface area (Å²) < 4.78 is 13.6. The molecule has 3 aromatic rings. The smallest absolute Gasteiger partial charge is 0.270 e. The average molecular weight is 435 g/mol. The Kier molecular flexibility index (Phi) is 4.53. The van der Waals surface area contributed by atoms with E-state index in [1.54, 1.807) is 22.3 Å². The number of carbonyl (C=O) groups excluding carboxylic acids is 1. The molecule has 3 N–H and O–H groups in total. The van der Waals surface area contributed by atoms with Gasteiger partial charge in [-0.2, -0.15) is 0 Å². The quantitative estimate of drug-likeness (QED) is 0.581. The minimum absolute atomic E-state index is 0.103. The van der Waals surface area contributed by atoms with Crippen molar-refractivity contribution in [3.05, 3.63) is 45.3 Å². The molecule has 0 unspecified atom stereocenters. The number of aromatic nitrogens is 2. The number of anilines is 1.